The van der Waals surface area contributed by atoms with E-state index in [0.717, 1.165) is 13.0 Å². The van der Waals surface area contributed by atoms with Crippen molar-refractivity contribution in [3.8, 4) is 5.75 Å². The Morgan fingerprint density at radius 3 is 2.52 bits per heavy atom. The van der Waals surface area contributed by atoms with E-state index < -0.39 is 10.2 Å². The number of ether oxygens (including phenoxy) is 1. The lowest BCUT2D eigenvalue weighted by molar-refractivity contribution is 0.0937. The second kappa shape index (κ2) is 10.3. The number of hydrogen-bond acceptors (Lipinski definition) is 5. The predicted octanol–water partition coefficient (Wildman–Crippen LogP) is 1.74. The van der Waals surface area contributed by atoms with Gasteiger partial charge in [-0.15, -0.1) is 0 Å². The van der Waals surface area contributed by atoms with Gasteiger partial charge in [-0.3, -0.25) is 9.48 Å². The Bertz CT molecular complexity index is 937. The zero-order valence-corrected chi connectivity index (χ0v) is 19.1. The van der Waals surface area contributed by atoms with Crippen molar-refractivity contribution in [3.05, 3.63) is 48.3 Å². The van der Waals surface area contributed by atoms with Crippen LogP contribution >= 0.6 is 0 Å². The molecule has 10 heteroatoms. The van der Waals surface area contributed by atoms with Gasteiger partial charge < -0.3 is 10.1 Å². The summed E-state index contributed by atoms with van der Waals surface area (Å²) in [6.07, 6.45) is 5.64. The summed E-state index contributed by atoms with van der Waals surface area (Å²) in [6.45, 7) is 3.59. The van der Waals surface area contributed by atoms with Gasteiger partial charge in [0.15, 0.2) is 0 Å². The Labute approximate surface area is 184 Å². The lowest BCUT2D eigenvalue weighted by Crippen LogP contribution is -2.46. The number of carbonyl (C=O) groups excluding carboxylic acids is 1. The summed E-state index contributed by atoms with van der Waals surface area (Å²) in [5, 5.41) is 7.16. The van der Waals surface area contributed by atoms with E-state index in [-0.39, 0.29) is 18.1 Å². The fourth-order valence-electron chi connectivity index (χ4n) is 3.43. The first-order valence-electron chi connectivity index (χ1n) is 10.5. The monoisotopic (exact) mass is 449 g/mol. The third kappa shape index (κ3) is 6.28. The van der Waals surface area contributed by atoms with E-state index >= 15 is 0 Å². The molecule has 0 radical (unpaired) electrons. The molecule has 2 aromatic rings. The second-order valence-corrected chi connectivity index (χ2v) is 10.1. The number of aromatic nitrogens is 2. The molecule has 1 N–H and O–H groups in total. The summed E-state index contributed by atoms with van der Waals surface area (Å²) < 4.78 is 34.9. The highest BCUT2D eigenvalue weighted by Gasteiger charge is 2.30. The smallest absolute Gasteiger partial charge is 0.281 e. The third-order valence-electron chi connectivity index (χ3n) is 5.34. The maximum absolute atomic E-state index is 12.5. The van der Waals surface area contributed by atoms with Crippen molar-refractivity contribution >= 4 is 16.1 Å². The molecule has 1 atom stereocenters. The molecular weight excluding hydrogens is 418 g/mol. The van der Waals surface area contributed by atoms with Crippen LogP contribution in [0.4, 0.5) is 0 Å². The Balaban J connectivity index is 1.45. The summed E-state index contributed by atoms with van der Waals surface area (Å²) in [5.74, 6) is 0.555. The first-order valence-corrected chi connectivity index (χ1v) is 11.9. The SMILES string of the molecule is C[C@@H](CCn1cccn1)NC(=O)c1ccc(OC2CCN(S(=O)(=O)N(C)C)CC2)cc1. The normalized spacial score (nSPS) is 16.9. The minimum Gasteiger partial charge on any atom is -0.490 e. The maximum Gasteiger partial charge on any atom is 0.281 e. The largest absolute Gasteiger partial charge is 0.490 e. The zero-order chi connectivity index (χ0) is 22.4. The fraction of sp³-hybridized carbons (Fsp3) is 0.524. The lowest BCUT2D eigenvalue weighted by Gasteiger charge is -2.32. The van der Waals surface area contributed by atoms with Crippen LogP contribution in [-0.4, -0.2) is 72.0 Å². The van der Waals surface area contributed by atoms with Crippen LogP contribution in [0.1, 0.15) is 36.5 Å². The van der Waals surface area contributed by atoms with Crippen LogP contribution in [0.3, 0.4) is 0 Å². The van der Waals surface area contributed by atoms with E-state index in [1.54, 1.807) is 30.5 Å². The van der Waals surface area contributed by atoms with Crippen LogP contribution in [0.2, 0.25) is 0 Å². The van der Waals surface area contributed by atoms with Crippen molar-refractivity contribution in [3.63, 3.8) is 0 Å². The number of rotatable bonds is 9. The number of carbonyl (C=O) groups is 1. The summed E-state index contributed by atoms with van der Waals surface area (Å²) >= 11 is 0. The van der Waals surface area contributed by atoms with Crippen LogP contribution in [0.5, 0.6) is 5.75 Å². The highest BCUT2D eigenvalue weighted by molar-refractivity contribution is 7.86. The molecule has 1 aliphatic rings. The van der Waals surface area contributed by atoms with Gasteiger partial charge in [0.2, 0.25) is 0 Å². The summed E-state index contributed by atoms with van der Waals surface area (Å²) in [4.78, 5) is 12.5. The Morgan fingerprint density at radius 2 is 1.94 bits per heavy atom. The molecule has 1 saturated heterocycles. The average molecular weight is 450 g/mol. The molecule has 0 aliphatic carbocycles. The summed E-state index contributed by atoms with van der Waals surface area (Å²) in [5.41, 5.74) is 0.574. The summed E-state index contributed by atoms with van der Waals surface area (Å²) in [7, 11) is -0.302. The molecule has 1 aliphatic heterocycles. The number of hydrogen-bond donors (Lipinski definition) is 1. The number of amides is 1. The van der Waals surface area contributed by atoms with Gasteiger partial charge in [0.05, 0.1) is 0 Å². The molecule has 1 aromatic heterocycles. The molecule has 0 saturated carbocycles. The van der Waals surface area contributed by atoms with Crippen molar-refractivity contribution < 1.29 is 17.9 Å². The van der Waals surface area contributed by atoms with E-state index in [4.69, 9.17) is 4.74 Å². The summed E-state index contributed by atoms with van der Waals surface area (Å²) in [6, 6.07) is 8.96. The number of piperidine rings is 1. The quantitative estimate of drug-likeness (QED) is 0.629. The van der Waals surface area contributed by atoms with Crippen LogP contribution in [0.25, 0.3) is 0 Å². The Morgan fingerprint density at radius 1 is 1.26 bits per heavy atom. The molecule has 0 unspecified atom stereocenters. The van der Waals surface area contributed by atoms with Gasteiger partial charge in [-0.1, -0.05) is 0 Å². The van der Waals surface area contributed by atoms with Gasteiger partial charge in [0, 0.05) is 57.7 Å². The third-order valence-corrected chi connectivity index (χ3v) is 7.28. The van der Waals surface area contributed by atoms with Crippen molar-refractivity contribution in [1.82, 2.24) is 23.7 Å². The van der Waals surface area contributed by atoms with E-state index in [0.29, 0.717) is 37.2 Å². The molecule has 0 bridgehead atoms. The van der Waals surface area contributed by atoms with Crippen molar-refractivity contribution in [2.75, 3.05) is 27.2 Å². The molecule has 31 heavy (non-hydrogen) atoms. The van der Waals surface area contributed by atoms with Gasteiger partial charge in [-0.25, -0.2) is 0 Å². The van der Waals surface area contributed by atoms with Crippen molar-refractivity contribution in [1.29, 1.82) is 0 Å². The highest BCUT2D eigenvalue weighted by atomic mass is 32.2. The van der Waals surface area contributed by atoms with E-state index in [1.807, 2.05) is 23.9 Å². The molecule has 3 rings (SSSR count). The predicted molar refractivity (Wildman–Crippen MR) is 118 cm³/mol. The topological polar surface area (TPSA) is 96.8 Å². The molecular formula is C21H31N5O4S. The Kier molecular flexibility index (Phi) is 7.69. The second-order valence-electron chi connectivity index (χ2n) is 7.96. The fourth-order valence-corrected chi connectivity index (χ4v) is 4.56. The van der Waals surface area contributed by atoms with Gasteiger partial charge in [-0.2, -0.15) is 22.1 Å². The van der Waals surface area contributed by atoms with Crippen molar-refractivity contribution in [2.24, 2.45) is 0 Å². The van der Waals surface area contributed by atoms with E-state index in [2.05, 4.69) is 10.4 Å². The number of aryl methyl sites for hydroxylation is 1. The highest BCUT2D eigenvalue weighted by Crippen LogP contribution is 2.21. The van der Waals surface area contributed by atoms with Crippen molar-refractivity contribution in [2.45, 2.75) is 44.9 Å². The minimum absolute atomic E-state index is 0.0243. The van der Waals surface area contributed by atoms with E-state index in [9.17, 15) is 13.2 Å². The molecule has 2 heterocycles. The molecule has 1 aromatic carbocycles. The number of benzene rings is 1. The van der Waals surface area contributed by atoms with Gasteiger partial charge in [-0.05, 0) is 56.5 Å². The van der Waals surface area contributed by atoms with E-state index in [1.165, 1.54) is 22.7 Å². The number of nitrogens with one attached hydrogen (secondary N) is 1. The van der Waals surface area contributed by atoms with Gasteiger partial charge in [0.25, 0.3) is 16.1 Å². The van der Waals surface area contributed by atoms with Crippen LogP contribution in [-0.2, 0) is 16.8 Å². The molecule has 1 amide bonds. The van der Waals surface area contributed by atoms with Crippen LogP contribution in [0.15, 0.2) is 42.7 Å². The molecule has 170 valence electrons. The molecule has 1 fully saturated rings. The Hall–Kier alpha value is -2.43. The first kappa shape index (κ1) is 23.2. The standard InChI is InChI=1S/C21H31N5O4S/c1-17(9-14-25-13-4-12-22-25)23-21(27)18-5-7-19(8-6-18)30-20-10-15-26(16-11-20)31(28,29)24(2)3/h4-8,12-13,17,20H,9-11,14-16H2,1-3H3,(H,23,27)/t17-/m0/s1. The van der Waals surface area contributed by atoms with Crippen LogP contribution < -0.4 is 10.1 Å². The van der Waals surface area contributed by atoms with Gasteiger partial charge in [0.1, 0.15) is 11.9 Å². The van der Waals surface area contributed by atoms with Gasteiger partial charge >= 0.3 is 0 Å². The molecule has 0 spiro atoms. The van der Waals surface area contributed by atoms with Crippen LogP contribution in [0, 0.1) is 0 Å². The lowest BCUT2D eigenvalue weighted by atomic mass is 10.1. The minimum atomic E-state index is -3.38. The average Bonchev–Trinajstić information content (AvgIpc) is 3.27. The molecule has 9 nitrogen and oxygen atoms in total. The first-order chi connectivity index (χ1) is 14.8. The zero-order valence-electron chi connectivity index (χ0n) is 18.3. The maximum atomic E-state index is 12.5. The number of nitrogens with zero attached hydrogens (tertiary/aromatic N) is 4.